The lowest BCUT2D eigenvalue weighted by atomic mass is 9.66. The van der Waals surface area contributed by atoms with Crippen LogP contribution in [0.4, 0.5) is 0 Å². The van der Waals surface area contributed by atoms with E-state index in [4.69, 9.17) is 0 Å². The van der Waals surface area contributed by atoms with Crippen LogP contribution in [0.5, 0.6) is 0 Å². The predicted octanol–water partition coefficient (Wildman–Crippen LogP) is 1.63. The quantitative estimate of drug-likeness (QED) is 0.874. The number of aromatic nitrogens is 2. The van der Waals surface area contributed by atoms with E-state index in [1.807, 2.05) is 28.8 Å². The molecule has 2 unspecified atom stereocenters. The second kappa shape index (κ2) is 6.35. The Morgan fingerprint density at radius 2 is 2.15 bits per heavy atom. The first kappa shape index (κ1) is 17.5. The molecule has 6 heteroatoms. The van der Waals surface area contributed by atoms with Gasteiger partial charge in [-0.15, -0.1) is 0 Å². The fourth-order valence-electron chi connectivity index (χ4n) is 5.54. The van der Waals surface area contributed by atoms with Crippen molar-refractivity contribution in [3.05, 3.63) is 30.6 Å². The van der Waals surface area contributed by atoms with Crippen LogP contribution in [0, 0.1) is 11.3 Å². The predicted molar refractivity (Wildman–Crippen MR) is 101 cm³/mol. The van der Waals surface area contributed by atoms with Crippen LogP contribution in [0.25, 0.3) is 11.0 Å². The topological polar surface area (TPSA) is 70.4 Å². The van der Waals surface area contributed by atoms with Gasteiger partial charge in [0.2, 0.25) is 5.91 Å². The second-order valence-corrected chi connectivity index (χ2v) is 8.48. The van der Waals surface area contributed by atoms with Gasteiger partial charge in [-0.3, -0.25) is 4.79 Å². The van der Waals surface area contributed by atoms with Crippen molar-refractivity contribution in [1.82, 2.24) is 19.8 Å². The fourth-order valence-corrected chi connectivity index (χ4v) is 5.54. The van der Waals surface area contributed by atoms with Crippen LogP contribution in [0.3, 0.4) is 0 Å². The van der Waals surface area contributed by atoms with Crippen LogP contribution in [0.1, 0.15) is 26.7 Å². The van der Waals surface area contributed by atoms with Gasteiger partial charge < -0.3 is 19.9 Å². The van der Waals surface area contributed by atoms with E-state index in [-0.39, 0.29) is 23.9 Å². The van der Waals surface area contributed by atoms with E-state index in [1.165, 1.54) is 0 Å². The lowest BCUT2D eigenvalue weighted by Gasteiger charge is -2.57. The molecular weight excluding hydrogens is 328 g/mol. The van der Waals surface area contributed by atoms with Gasteiger partial charge in [-0.1, -0.05) is 26.0 Å². The zero-order valence-corrected chi connectivity index (χ0v) is 15.7. The number of benzene rings is 1. The number of nitrogens with one attached hydrogen (secondary N) is 1. The van der Waals surface area contributed by atoms with Crippen molar-refractivity contribution in [2.24, 2.45) is 11.3 Å². The summed E-state index contributed by atoms with van der Waals surface area (Å²) in [7, 11) is 2.15. The Morgan fingerprint density at radius 3 is 2.88 bits per heavy atom. The number of aliphatic hydroxyl groups excluding tert-OH is 1. The maximum Gasteiger partial charge on any atom is 0.240 e. The minimum absolute atomic E-state index is 0.0666. The van der Waals surface area contributed by atoms with Crippen molar-refractivity contribution in [3.8, 4) is 0 Å². The molecule has 26 heavy (non-hydrogen) atoms. The lowest BCUT2D eigenvalue weighted by molar-refractivity contribution is -0.123. The van der Waals surface area contributed by atoms with Crippen LogP contribution in [0.2, 0.25) is 0 Å². The molecule has 4 rings (SSSR count). The van der Waals surface area contributed by atoms with Crippen LogP contribution in [0.15, 0.2) is 30.6 Å². The Hall–Kier alpha value is -1.92. The number of carbonyl (C=O) groups is 1. The summed E-state index contributed by atoms with van der Waals surface area (Å²) in [6.45, 7) is 5.71. The van der Waals surface area contributed by atoms with E-state index in [2.05, 4.69) is 36.1 Å². The zero-order chi connectivity index (χ0) is 18.5. The third kappa shape index (κ3) is 2.81. The highest BCUT2D eigenvalue weighted by Gasteiger charge is 2.58. The van der Waals surface area contributed by atoms with Gasteiger partial charge in [0.05, 0.1) is 29.5 Å². The van der Waals surface area contributed by atoms with E-state index in [0.29, 0.717) is 12.0 Å². The number of rotatable bonds is 4. The number of carbonyl (C=O) groups excluding carboxylic acids is 1. The van der Waals surface area contributed by atoms with Crippen molar-refractivity contribution >= 4 is 16.9 Å². The summed E-state index contributed by atoms with van der Waals surface area (Å²) < 4.78 is 1.86. The summed E-state index contributed by atoms with van der Waals surface area (Å²) in [4.78, 5) is 19.3. The number of fused-ring (bicyclic) bond motifs is 1. The Bertz CT molecular complexity index is 812. The monoisotopic (exact) mass is 356 g/mol. The summed E-state index contributed by atoms with van der Waals surface area (Å²) in [5, 5.41) is 13.6. The van der Waals surface area contributed by atoms with Gasteiger partial charge in [-0.05, 0) is 37.9 Å². The van der Waals surface area contributed by atoms with Gasteiger partial charge in [-0.25, -0.2) is 4.98 Å². The Labute approximate surface area is 154 Å². The Balaban J connectivity index is 1.42. The van der Waals surface area contributed by atoms with Gasteiger partial charge in [0, 0.05) is 18.0 Å². The smallest absolute Gasteiger partial charge is 0.240 e. The number of amides is 1. The van der Waals surface area contributed by atoms with Gasteiger partial charge in [0.15, 0.2) is 0 Å². The van der Waals surface area contributed by atoms with E-state index < -0.39 is 6.10 Å². The Kier molecular flexibility index (Phi) is 4.28. The molecule has 2 heterocycles. The van der Waals surface area contributed by atoms with Gasteiger partial charge in [-0.2, -0.15) is 0 Å². The molecule has 2 N–H and O–H groups in total. The minimum atomic E-state index is -0.464. The van der Waals surface area contributed by atoms with E-state index in [9.17, 15) is 9.90 Å². The molecule has 6 nitrogen and oxygen atoms in total. The SMILES string of the molecule is CC(C)C1N(C)CC12C[C@@H](O)[C@H](NC(=O)Cn1cnc3ccccc31)C2. The molecule has 4 atom stereocenters. The van der Waals surface area contributed by atoms with Crippen molar-refractivity contribution in [2.75, 3.05) is 13.6 Å². The highest BCUT2D eigenvalue weighted by Crippen LogP contribution is 2.52. The molecule has 1 amide bonds. The molecule has 1 aromatic carbocycles. The average Bonchev–Trinajstić information content (AvgIpc) is 3.09. The summed E-state index contributed by atoms with van der Waals surface area (Å²) in [6.07, 6.45) is 2.87. The molecule has 0 radical (unpaired) electrons. The zero-order valence-electron chi connectivity index (χ0n) is 15.7. The molecule has 140 valence electrons. The normalized spacial score (nSPS) is 31.7. The first-order chi connectivity index (χ1) is 12.4. The minimum Gasteiger partial charge on any atom is -0.391 e. The molecule has 1 saturated heterocycles. The number of likely N-dealkylation sites (tertiary alicyclic amines) is 1. The standard InChI is InChI=1S/C20H28N4O2/c1-13(2)19-20(11-23(19)3)8-15(17(25)9-20)22-18(26)10-24-12-21-14-6-4-5-7-16(14)24/h4-7,12-13,15,17,19,25H,8-11H2,1-3H3,(H,22,26)/t15-,17-,19?,20?/m1/s1. The third-order valence-corrected chi connectivity index (χ3v) is 6.19. The first-order valence-corrected chi connectivity index (χ1v) is 9.47. The highest BCUT2D eigenvalue weighted by molar-refractivity contribution is 5.80. The number of para-hydroxylation sites is 2. The largest absolute Gasteiger partial charge is 0.391 e. The average molecular weight is 356 g/mol. The maximum absolute atomic E-state index is 12.6. The van der Waals surface area contributed by atoms with Gasteiger partial charge in [0.25, 0.3) is 0 Å². The van der Waals surface area contributed by atoms with Gasteiger partial charge >= 0.3 is 0 Å². The molecular formula is C20H28N4O2. The lowest BCUT2D eigenvalue weighted by Crippen LogP contribution is -2.64. The summed E-state index contributed by atoms with van der Waals surface area (Å²) in [5.41, 5.74) is 1.98. The summed E-state index contributed by atoms with van der Waals surface area (Å²) in [6, 6.07) is 8.11. The highest BCUT2D eigenvalue weighted by atomic mass is 16.3. The third-order valence-electron chi connectivity index (χ3n) is 6.19. The molecule has 2 fully saturated rings. The van der Waals surface area contributed by atoms with E-state index >= 15 is 0 Å². The first-order valence-electron chi connectivity index (χ1n) is 9.47. The van der Waals surface area contributed by atoms with E-state index in [0.717, 1.165) is 30.4 Å². The molecule has 2 aliphatic rings. The molecule has 1 spiro atoms. The molecule has 1 saturated carbocycles. The second-order valence-electron chi connectivity index (χ2n) is 8.48. The molecule has 1 aliphatic heterocycles. The number of nitrogens with zero attached hydrogens (tertiary/aromatic N) is 3. The van der Waals surface area contributed by atoms with Gasteiger partial charge in [0.1, 0.15) is 6.54 Å². The molecule has 1 aliphatic carbocycles. The number of aliphatic hydroxyl groups is 1. The number of imidazole rings is 1. The molecule has 2 aromatic rings. The van der Waals surface area contributed by atoms with Crippen LogP contribution in [-0.2, 0) is 11.3 Å². The van der Waals surface area contributed by atoms with Crippen LogP contribution < -0.4 is 5.32 Å². The van der Waals surface area contributed by atoms with E-state index in [1.54, 1.807) is 6.33 Å². The summed E-state index contributed by atoms with van der Waals surface area (Å²) in [5.74, 6) is 0.482. The van der Waals surface area contributed by atoms with Crippen molar-refractivity contribution in [3.63, 3.8) is 0 Å². The summed E-state index contributed by atoms with van der Waals surface area (Å²) >= 11 is 0. The number of hydrogen-bond acceptors (Lipinski definition) is 4. The van der Waals surface area contributed by atoms with Crippen molar-refractivity contribution < 1.29 is 9.90 Å². The van der Waals surface area contributed by atoms with Crippen molar-refractivity contribution in [1.29, 1.82) is 0 Å². The number of hydrogen-bond donors (Lipinski definition) is 2. The van der Waals surface area contributed by atoms with Crippen molar-refractivity contribution in [2.45, 2.75) is 51.4 Å². The maximum atomic E-state index is 12.6. The fraction of sp³-hybridized carbons (Fsp3) is 0.600. The Morgan fingerprint density at radius 1 is 1.38 bits per heavy atom. The molecule has 1 aromatic heterocycles. The van der Waals surface area contributed by atoms with Crippen LogP contribution >= 0.6 is 0 Å². The van der Waals surface area contributed by atoms with Crippen LogP contribution in [-0.4, -0.2) is 57.2 Å². The molecule has 0 bridgehead atoms.